The topological polar surface area (TPSA) is 44.4 Å². The minimum atomic E-state index is 0. The third kappa shape index (κ3) is 4.45. The lowest BCUT2D eigenvalue weighted by molar-refractivity contribution is 0.313. The van der Waals surface area contributed by atoms with Crippen LogP contribution in [0.15, 0.2) is 67.0 Å². The number of ether oxygens (including phenoxy) is 1. The lowest BCUT2D eigenvalue weighted by Crippen LogP contribution is -2.44. The average Bonchev–Trinajstić information content (AvgIpc) is 3.24. The molecule has 0 amide bonds. The number of pyridine rings is 1. The van der Waals surface area contributed by atoms with E-state index in [1.807, 2.05) is 31.5 Å². The van der Waals surface area contributed by atoms with E-state index in [0.717, 1.165) is 59.7 Å². The monoisotopic (exact) mass is 448 g/mol. The van der Waals surface area contributed by atoms with Crippen molar-refractivity contribution in [3.8, 4) is 28.0 Å². The fourth-order valence-corrected chi connectivity index (χ4v) is 4.23. The second-order valence-corrected chi connectivity index (χ2v) is 8.12. The number of hydrogen-bond donors (Lipinski definition) is 1. The molecule has 32 heavy (non-hydrogen) atoms. The maximum atomic E-state index is 5.58. The van der Waals surface area contributed by atoms with E-state index >= 15 is 0 Å². The van der Waals surface area contributed by atoms with Crippen molar-refractivity contribution >= 4 is 29.1 Å². The van der Waals surface area contributed by atoms with Gasteiger partial charge in [-0.25, -0.2) is 4.98 Å². The smallest absolute Gasteiger partial charge is 0.137 e. The summed E-state index contributed by atoms with van der Waals surface area (Å²) < 4.78 is 5.58. The van der Waals surface area contributed by atoms with E-state index in [1.165, 1.54) is 11.3 Å². The molecule has 0 unspecified atom stereocenters. The first-order valence-electron chi connectivity index (χ1n) is 11.0. The highest BCUT2D eigenvalue weighted by Gasteiger charge is 2.14. The van der Waals surface area contributed by atoms with Gasteiger partial charge in [0.2, 0.25) is 0 Å². The molecular weight excluding hydrogens is 420 g/mol. The number of likely N-dealkylation sites (N-methyl/N-ethyl adjacent to an activating group) is 1. The lowest BCUT2D eigenvalue weighted by Gasteiger charge is -2.34. The van der Waals surface area contributed by atoms with Gasteiger partial charge in [-0.2, -0.15) is 0 Å². The number of fused-ring (bicyclic) bond motifs is 1. The first kappa shape index (κ1) is 22.2. The van der Waals surface area contributed by atoms with Crippen molar-refractivity contribution in [3.05, 3.63) is 67.0 Å². The van der Waals surface area contributed by atoms with Gasteiger partial charge in [0.05, 0.1) is 6.61 Å². The molecule has 1 aliphatic heterocycles. The summed E-state index contributed by atoms with van der Waals surface area (Å²) in [7, 11) is 2.19. The van der Waals surface area contributed by atoms with Gasteiger partial charge in [0.25, 0.3) is 0 Å². The van der Waals surface area contributed by atoms with E-state index in [-0.39, 0.29) is 12.4 Å². The quantitative estimate of drug-likeness (QED) is 0.439. The van der Waals surface area contributed by atoms with Crippen molar-refractivity contribution in [1.82, 2.24) is 14.9 Å². The van der Waals surface area contributed by atoms with Gasteiger partial charge >= 0.3 is 0 Å². The molecule has 0 radical (unpaired) electrons. The molecule has 4 aromatic rings. The molecule has 1 aliphatic rings. The molecular formula is C26H29ClN4O. The van der Waals surface area contributed by atoms with Gasteiger partial charge in [-0.1, -0.05) is 24.3 Å². The molecule has 0 spiro atoms. The predicted molar refractivity (Wildman–Crippen MR) is 135 cm³/mol. The molecule has 0 aliphatic carbocycles. The first-order chi connectivity index (χ1) is 15.2. The number of benzene rings is 2. The molecule has 6 heteroatoms. The number of aromatic amines is 1. The lowest BCUT2D eigenvalue weighted by atomic mass is 10.0. The van der Waals surface area contributed by atoms with E-state index in [9.17, 15) is 0 Å². The van der Waals surface area contributed by atoms with E-state index in [1.54, 1.807) is 0 Å². The van der Waals surface area contributed by atoms with Gasteiger partial charge in [-0.05, 0) is 55.4 Å². The Bertz CT molecular complexity index is 1160. The molecule has 0 atom stereocenters. The molecule has 0 saturated carbocycles. The van der Waals surface area contributed by atoms with E-state index in [0.29, 0.717) is 6.61 Å². The summed E-state index contributed by atoms with van der Waals surface area (Å²) in [6.45, 7) is 7.07. The third-order valence-corrected chi connectivity index (χ3v) is 6.08. The van der Waals surface area contributed by atoms with Crippen molar-refractivity contribution in [2.45, 2.75) is 6.92 Å². The van der Waals surface area contributed by atoms with E-state index in [4.69, 9.17) is 4.74 Å². The summed E-state index contributed by atoms with van der Waals surface area (Å²) in [5, 5.41) is 1.13. The Morgan fingerprint density at radius 2 is 1.59 bits per heavy atom. The largest absolute Gasteiger partial charge is 0.494 e. The maximum absolute atomic E-state index is 5.58. The maximum Gasteiger partial charge on any atom is 0.137 e. The number of aromatic nitrogens is 2. The van der Waals surface area contributed by atoms with Crippen LogP contribution in [0.3, 0.4) is 0 Å². The fraction of sp³-hybridized carbons (Fsp3) is 0.269. The number of H-pyrrole nitrogens is 1. The molecule has 5 nitrogen and oxygen atoms in total. The molecule has 2 aromatic carbocycles. The molecule has 1 fully saturated rings. The molecule has 5 rings (SSSR count). The minimum Gasteiger partial charge on any atom is -0.494 e. The number of hydrogen-bond acceptors (Lipinski definition) is 4. The van der Waals surface area contributed by atoms with E-state index < -0.39 is 0 Å². The number of rotatable bonds is 5. The molecule has 1 N–H and O–H groups in total. The van der Waals surface area contributed by atoms with Crippen LogP contribution in [0.1, 0.15) is 6.92 Å². The predicted octanol–water partition coefficient (Wildman–Crippen LogP) is 5.47. The Hall–Kier alpha value is -3.02. The average molecular weight is 449 g/mol. The summed E-state index contributed by atoms with van der Waals surface area (Å²) >= 11 is 0. The normalized spacial score (nSPS) is 14.4. The van der Waals surface area contributed by atoms with Crippen LogP contribution in [0, 0.1) is 0 Å². The Morgan fingerprint density at radius 3 is 2.28 bits per heavy atom. The van der Waals surface area contributed by atoms with Crippen LogP contribution < -0.4 is 9.64 Å². The van der Waals surface area contributed by atoms with E-state index in [2.05, 4.69) is 69.3 Å². The van der Waals surface area contributed by atoms with Gasteiger partial charge < -0.3 is 19.5 Å². The van der Waals surface area contributed by atoms with Crippen molar-refractivity contribution in [2.75, 3.05) is 44.7 Å². The van der Waals surface area contributed by atoms with Crippen molar-refractivity contribution in [1.29, 1.82) is 0 Å². The van der Waals surface area contributed by atoms with Crippen molar-refractivity contribution < 1.29 is 4.74 Å². The summed E-state index contributed by atoms with van der Waals surface area (Å²) in [6.07, 6.45) is 3.99. The van der Waals surface area contributed by atoms with Crippen LogP contribution in [-0.2, 0) is 0 Å². The number of anilines is 1. The number of nitrogens with zero attached hydrogens (tertiary/aromatic N) is 3. The first-order valence-corrected chi connectivity index (χ1v) is 11.0. The summed E-state index contributed by atoms with van der Waals surface area (Å²) in [6, 6.07) is 19.4. The Labute approximate surface area is 195 Å². The highest BCUT2D eigenvalue weighted by Crippen LogP contribution is 2.32. The number of piperazine rings is 1. The summed E-state index contributed by atoms with van der Waals surface area (Å²) in [5.74, 6) is 0.894. The minimum absolute atomic E-state index is 0. The zero-order valence-corrected chi connectivity index (χ0v) is 19.4. The van der Waals surface area contributed by atoms with Gasteiger partial charge in [-0.3, -0.25) is 0 Å². The summed E-state index contributed by atoms with van der Waals surface area (Å²) in [5.41, 5.74) is 6.82. The Balaban J connectivity index is 0.00000245. The van der Waals surface area contributed by atoms with Gasteiger partial charge in [-0.15, -0.1) is 12.4 Å². The number of halogens is 1. The van der Waals surface area contributed by atoms with Gasteiger partial charge in [0.1, 0.15) is 11.4 Å². The zero-order valence-electron chi connectivity index (χ0n) is 18.5. The van der Waals surface area contributed by atoms with Crippen molar-refractivity contribution in [2.24, 2.45) is 0 Å². The van der Waals surface area contributed by atoms with Crippen LogP contribution in [0.4, 0.5) is 5.69 Å². The second kappa shape index (κ2) is 9.63. The highest BCUT2D eigenvalue weighted by atomic mass is 35.5. The Kier molecular flexibility index (Phi) is 6.68. The standard InChI is InChI=1S/C26H28N4O.ClH/c1-3-31-23-10-6-20(7-11-23)25-18-28-26-24(25)16-21(17-27-26)19-4-8-22(9-5-19)30-14-12-29(2)13-15-30;/h4-11,16-18H,3,12-15H2,1-2H3,(H,27,28);1H. The molecule has 1 saturated heterocycles. The summed E-state index contributed by atoms with van der Waals surface area (Å²) in [4.78, 5) is 12.8. The fourth-order valence-electron chi connectivity index (χ4n) is 4.23. The highest BCUT2D eigenvalue weighted by molar-refractivity contribution is 5.95. The molecule has 166 valence electrons. The van der Waals surface area contributed by atoms with Crippen LogP contribution in [0.25, 0.3) is 33.3 Å². The number of nitrogens with one attached hydrogen (secondary N) is 1. The van der Waals surface area contributed by atoms with Crippen LogP contribution in [-0.4, -0.2) is 54.7 Å². The van der Waals surface area contributed by atoms with Crippen LogP contribution in [0.2, 0.25) is 0 Å². The molecule has 2 aromatic heterocycles. The van der Waals surface area contributed by atoms with Gasteiger partial charge in [0.15, 0.2) is 0 Å². The van der Waals surface area contributed by atoms with Gasteiger partial charge in [0, 0.05) is 60.8 Å². The molecule has 0 bridgehead atoms. The van der Waals surface area contributed by atoms with Crippen molar-refractivity contribution in [3.63, 3.8) is 0 Å². The Morgan fingerprint density at radius 1 is 0.906 bits per heavy atom. The third-order valence-electron chi connectivity index (χ3n) is 6.08. The van der Waals surface area contributed by atoms with Crippen LogP contribution in [0.5, 0.6) is 5.75 Å². The SMILES string of the molecule is CCOc1ccc(-c2c[nH]c3ncc(-c4ccc(N5CCN(C)CC5)cc4)cc23)cc1.Cl. The molecule has 3 heterocycles. The van der Waals surface area contributed by atoms with Crippen LogP contribution >= 0.6 is 12.4 Å². The zero-order chi connectivity index (χ0) is 21.2. The second-order valence-electron chi connectivity index (χ2n) is 8.12.